The van der Waals surface area contributed by atoms with Crippen molar-refractivity contribution in [1.29, 1.82) is 0 Å². The maximum atomic E-state index is 2.47. The molecule has 0 spiro atoms. The summed E-state index contributed by atoms with van der Waals surface area (Å²) in [6, 6.07) is 96.5. The van der Waals surface area contributed by atoms with Crippen molar-refractivity contribution in [3.05, 3.63) is 283 Å². The quantitative estimate of drug-likeness (QED) is 0.139. The molecule has 0 aromatic heterocycles. The van der Waals surface area contributed by atoms with Crippen LogP contribution in [0.15, 0.2) is 261 Å². The second-order valence-corrected chi connectivity index (χ2v) is 20.8. The summed E-state index contributed by atoms with van der Waals surface area (Å²) < 4.78 is 0. The zero-order valence-electron chi connectivity index (χ0n) is 41.8. The molecule has 0 unspecified atom stereocenters. The topological polar surface area (TPSA) is 3.24 Å². The van der Waals surface area contributed by atoms with Gasteiger partial charge >= 0.3 is 0 Å². The number of fused-ring (bicyclic) bond motifs is 6. The lowest BCUT2D eigenvalue weighted by Crippen LogP contribution is -2.16. The van der Waals surface area contributed by atoms with Gasteiger partial charge in [0, 0.05) is 27.8 Å². The molecule has 11 aromatic carbocycles. The van der Waals surface area contributed by atoms with E-state index < -0.39 is 0 Å². The number of anilines is 3. The third-order valence-electron chi connectivity index (χ3n) is 15.9. The predicted octanol–water partition coefficient (Wildman–Crippen LogP) is 19.8. The first kappa shape index (κ1) is 44.2. The minimum atomic E-state index is -0.133. The van der Waals surface area contributed by atoms with E-state index in [1.165, 1.54) is 111 Å². The molecule has 348 valence electrons. The summed E-state index contributed by atoms with van der Waals surface area (Å²) in [4.78, 5) is 2.47. The Morgan fingerprint density at radius 1 is 0.233 bits per heavy atom. The highest BCUT2D eigenvalue weighted by atomic mass is 15.1. The second-order valence-electron chi connectivity index (χ2n) is 20.8. The minimum Gasteiger partial charge on any atom is -0.310 e. The van der Waals surface area contributed by atoms with Crippen molar-refractivity contribution in [2.24, 2.45) is 0 Å². The van der Waals surface area contributed by atoms with Crippen LogP contribution in [0.3, 0.4) is 0 Å². The van der Waals surface area contributed by atoms with Crippen molar-refractivity contribution in [1.82, 2.24) is 0 Å². The van der Waals surface area contributed by atoms with Gasteiger partial charge in [-0.1, -0.05) is 252 Å². The van der Waals surface area contributed by atoms with Gasteiger partial charge in [0.2, 0.25) is 0 Å². The average Bonchev–Trinajstić information content (AvgIpc) is 3.83. The predicted molar refractivity (Wildman–Crippen MR) is 309 cm³/mol. The number of nitrogens with zero attached hydrogens (tertiary/aromatic N) is 1. The van der Waals surface area contributed by atoms with E-state index in [4.69, 9.17) is 0 Å². The number of para-hydroxylation sites is 1. The molecule has 0 amide bonds. The highest BCUT2D eigenvalue weighted by molar-refractivity contribution is 5.96. The molecule has 0 fully saturated rings. The van der Waals surface area contributed by atoms with E-state index in [2.05, 4.69) is 293 Å². The van der Waals surface area contributed by atoms with Gasteiger partial charge in [0.1, 0.15) is 0 Å². The molecule has 13 rings (SSSR count). The molecule has 2 aliphatic rings. The van der Waals surface area contributed by atoms with E-state index in [1.54, 1.807) is 0 Å². The van der Waals surface area contributed by atoms with Gasteiger partial charge in [-0.15, -0.1) is 0 Å². The fourth-order valence-electron chi connectivity index (χ4n) is 12.3. The zero-order valence-corrected chi connectivity index (χ0v) is 41.8. The molecule has 0 saturated carbocycles. The third-order valence-corrected chi connectivity index (χ3v) is 15.9. The molecule has 0 aliphatic heterocycles. The van der Waals surface area contributed by atoms with Crippen LogP contribution in [0.4, 0.5) is 17.1 Å². The van der Waals surface area contributed by atoms with E-state index in [1.807, 2.05) is 0 Å². The molecule has 1 heteroatoms. The van der Waals surface area contributed by atoms with Crippen LogP contribution < -0.4 is 4.90 Å². The second kappa shape index (κ2) is 17.5. The van der Waals surface area contributed by atoms with Crippen molar-refractivity contribution in [2.75, 3.05) is 4.90 Å². The third kappa shape index (κ3) is 7.38. The van der Waals surface area contributed by atoms with E-state index in [0.717, 1.165) is 17.1 Å². The van der Waals surface area contributed by atoms with Crippen LogP contribution in [0.25, 0.3) is 89.0 Å². The molecular weight excluding hydrogens is 879 g/mol. The first-order valence-electron chi connectivity index (χ1n) is 25.7. The molecule has 0 bridgehead atoms. The Bertz CT molecular complexity index is 3880. The Morgan fingerprint density at radius 2 is 0.644 bits per heavy atom. The fourth-order valence-corrected chi connectivity index (χ4v) is 12.3. The van der Waals surface area contributed by atoms with Gasteiger partial charge < -0.3 is 4.90 Å². The van der Waals surface area contributed by atoms with Gasteiger partial charge in [-0.3, -0.25) is 0 Å². The van der Waals surface area contributed by atoms with Crippen LogP contribution in [-0.4, -0.2) is 0 Å². The van der Waals surface area contributed by atoms with Crippen molar-refractivity contribution in [3.8, 4) is 89.0 Å². The molecule has 0 N–H and O–H groups in total. The van der Waals surface area contributed by atoms with Crippen LogP contribution in [0.5, 0.6) is 0 Å². The maximum Gasteiger partial charge on any atom is 0.0540 e. The molecule has 2 aliphatic carbocycles. The number of benzene rings is 11. The van der Waals surface area contributed by atoms with Crippen molar-refractivity contribution < 1.29 is 0 Å². The molecule has 0 atom stereocenters. The fraction of sp³-hybridized carbons (Fsp3) is 0.0833. The van der Waals surface area contributed by atoms with Crippen LogP contribution in [0, 0.1) is 0 Å². The summed E-state index contributed by atoms with van der Waals surface area (Å²) in [7, 11) is 0. The van der Waals surface area contributed by atoms with Crippen LogP contribution in [0.2, 0.25) is 0 Å². The lowest BCUT2D eigenvalue weighted by Gasteiger charge is -2.29. The molecule has 1 nitrogen and oxygen atoms in total. The van der Waals surface area contributed by atoms with Crippen LogP contribution >= 0.6 is 0 Å². The van der Waals surface area contributed by atoms with E-state index in [9.17, 15) is 0 Å². The summed E-state index contributed by atoms with van der Waals surface area (Å²) in [6.45, 7) is 9.49. The summed E-state index contributed by atoms with van der Waals surface area (Å²) in [5.41, 5.74) is 28.3. The summed E-state index contributed by atoms with van der Waals surface area (Å²) in [5, 5.41) is 0. The Morgan fingerprint density at radius 3 is 1.33 bits per heavy atom. The minimum absolute atomic E-state index is 0.123. The lowest BCUT2D eigenvalue weighted by atomic mass is 9.78. The van der Waals surface area contributed by atoms with Crippen LogP contribution in [0.1, 0.15) is 49.9 Å². The Hall–Kier alpha value is -8.78. The molecule has 0 saturated heterocycles. The number of rotatable bonds is 9. The Labute approximate surface area is 430 Å². The van der Waals surface area contributed by atoms with E-state index >= 15 is 0 Å². The first-order valence-corrected chi connectivity index (χ1v) is 25.7. The van der Waals surface area contributed by atoms with Crippen LogP contribution in [-0.2, 0) is 10.8 Å². The van der Waals surface area contributed by atoms with Crippen molar-refractivity contribution in [3.63, 3.8) is 0 Å². The van der Waals surface area contributed by atoms with Gasteiger partial charge in [-0.2, -0.15) is 0 Å². The largest absolute Gasteiger partial charge is 0.310 e. The number of hydrogen-bond donors (Lipinski definition) is 0. The maximum absolute atomic E-state index is 2.47. The van der Waals surface area contributed by atoms with Crippen molar-refractivity contribution >= 4 is 17.1 Å². The highest BCUT2D eigenvalue weighted by Crippen LogP contribution is 2.54. The zero-order chi connectivity index (χ0) is 49.3. The summed E-state index contributed by atoms with van der Waals surface area (Å²) >= 11 is 0. The first-order chi connectivity index (χ1) is 35.7. The normalized spacial score (nSPS) is 13.4. The Balaban J connectivity index is 0.964. The van der Waals surface area contributed by atoms with Gasteiger partial charge in [-0.05, 0) is 142 Å². The number of hydrogen-bond acceptors (Lipinski definition) is 1. The molecule has 0 heterocycles. The standard InChI is InChI=1S/C72H55N/c1-71(2)66-31-16-13-27-60(66)62-44-40-53(46-68(62)71)58-25-15-18-33-69(58)73(55-43-45-57(65(47-55)50-22-9-6-10-23-50)51-36-34-49(35-37-51)48-20-7-5-8-21-48)54-41-38-52(39-42-54)56-24-11-12-26-59(56)63-29-19-30-64-61-28-14-17-32-67(61)72(3,4)70(63)64/h5-47H,1-4H3. The van der Waals surface area contributed by atoms with Gasteiger partial charge in [0.15, 0.2) is 0 Å². The summed E-state index contributed by atoms with van der Waals surface area (Å²) in [5.74, 6) is 0. The van der Waals surface area contributed by atoms with Gasteiger partial charge in [-0.25, -0.2) is 0 Å². The lowest BCUT2D eigenvalue weighted by molar-refractivity contribution is 0.660. The molecular formula is C72H55N. The monoisotopic (exact) mass is 933 g/mol. The Kier molecular flexibility index (Phi) is 10.6. The smallest absolute Gasteiger partial charge is 0.0540 e. The van der Waals surface area contributed by atoms with E-state index in [0.29, 0.717) is 0 Å². The van der Waals surface area contributed by atoms with Gasteiger partial charge in [0.05, 0.1) is 5.69 Å². The van der Waals surface area contributed by atoms with E-state index in [-0.39, 0.29) is 10.8 Å². The van der Waals surface area contributed by atoms with Crippen molar-refractivity contribution in [2.45, 2.75) is 38.5 Å². The molecule has 73 heavy (non-hydrogen) atoms. The average molecular weight is 934 g/mol. The molecule has 0 radical (unpaired) electrons. The highest BCUT2D eigenvalue weighted by Gasteiger charge is 2.38. The summed E-state index contributed by atoms with van der Waals surface area (Å²) in [6.07, 6.45) is 0. The SMILES string of the molecule is CC1(C)c2ccccc2-c2ccc(-c3ccccc3N(c3ccc(-c4ccccc4-c4cccc5c4C(C)(C)c4ccccc4-5)cc3)c3ccc(-c4ccc(-c5ccccc5)cc4)c(-c4ccccc4)c3)cc21. The molecule has 11 aromatic rings. The van der Waals surface area contributed by atoms with Gasteiger partial charge in [0.25, 0.3) is 0 Å².